The predicted molar refractivity (Wildman–Crippen MR) is 33.6 cm³/mol. The Morgan fingerprint density at radius 2 is 2.11 bits per heavy atom. The van der Waals surface area contributed by atoms with Gasteiger partial charge in [-0.15, -0.1) is 4.99 Å². The molecule has 0 saturated carbocycles. The summed E-state index contributed by atoms with van der Waals surface area (Å²) in [5, 5.41) is 10.8. The van der Waals surface area contributed by atoms with Gasteiger partial charge >= 0.3 is 0 Å². The summed E-state index contributed by atoms with van der Waals surface area (Å²) in [6.45, 7) is 2.71. The second-order valence-electron chi connectivity index (χ2n) is 1.52. The zero-order valence-electron chi connectivity index (χ0n) is 5.26. The fraction of sp³-hybridized carbons (Fsp3) is 1.00. The maximum Gasteiger partial charge on any atom is 0.0365 e. The van der Waals surface area contributed by atoms with Crippen molar-refractivity contribution in [1.82, 2.24) is 10.8 Å². The van der Waals surface area contributed by atoms with Crippen LogP contribution in [0.25, 0.3) is 0 Å². The molecule has 0 atom stereocenters. The zero-order chi connectivity index (χ0) is 6.95. The molecule has 0 aromatic carbocycles. The Morgan fingerprint density at radius 1 is 1.33 bits per heavy atom. The molecule has 0 radical (unpaired) electrons. The van der Waals surface area contributed by atoms with Crippen molar-refractivity contribution in [1.29, 1.82) is 0 Å². The lowest BCUT2D eigenvalue weighted by atomic mass is 10.6. The molecule has 0 aromatic heterocycles. The molecule has 0 amide bonds. The van der Waals surface area contributed by atoms with E-state index in [1.54, 1.807) is 0 Å². The van der Waals surface area contributed by atoms with Crippen LogP contribution in [0.4, 0.5) is 0 Å². The topological polar surface area (TPSA) is 79.5 Å². The van der Waals surface area contributed by atoms with Crippen LogP contribution in [0.1, 0.15) is 0 Å². The van der Waals surface area contributed by atoms with Crippen LogP contribution < -0.4 is 16.5 Å². The van der Waals surface area contributed by atoms with Gasteiger partial charge in [-0.2, -0.15) is 5.48 Å². The molecule has 9 heavy (non-hydrogen) atoms. The van der Waals surface area contributed by atoms with E-state index in [1.165, 1.54) is 0 Å². The first-order valence-electron chi connectivity index (χ1n) is 2.86. The summed E-state index contributed by atoms with van der Waals surface area (Å²) < 4.78 is 0. The van der Waals surface area contributed by atoms with Crippen LogP contribution in [0.5, 0.6) is 0 Å². The Bertz CT molecular complexity index is 47.1. The highest BCUT2D eigenvalue weighted by molar-refractivity contribution is 4.46. The lowest BCUT2D eigenvalue weighted by Crippen LogP contribution is -2.30. The Kier molecular flexibility index (Phi) is 7.63. The molecule has 0 fully saturated rings. The van der Waals surface area contributed by atoms with Gasteiger partial charge in [-0.1, -0.05) is 0 Å². The van der Waals surface area contributed by atoms with E-state index in [2.05, 4.69) is 15.8 Å². The Labute approximate surface area is 54.1 Å². The van der Waals surface area contributed by atoms with Crippen LogP contribution >= 0.6 is 0 Å². The number of rotatable bonds is 6. The van der Waals surface area contributed by atoms with E-state index in [1.807, 2.05) is 0 Å². The highest BCUT2D eigenvalue weighted by atomic mass is 17.2. The van der Waals surface area contributed by atoms with Crippen molar-refractivity contribution in [3.8, 4) is 0 Å². The maximum atomic E-state index is 7.76. The minimum Gasteiger partial charge on any atom is -0.329 e. The zero-order valence-corrected chi connectivity index (χ0v) is 5.26. The first kappa shape index (κ1) is 8.80. The van der Waals surface area contributed by atoms with Gasteiger partial charge < -0.3 is 11.1 Å². The summed E-state index contributed by atoms with van der Waals surface area (Å²) in [6, 6.07) is 0. The van der Waals surface area contributed by atoms with Gasteiger partial charge in [-0.25, -0.2) is 5.26 Å². The van der Waals surface area contributed by atoms with Crippen LogP contribution in [0.2, 0.25) is 0 Å². The number of hydrogen-bond donors (Lipinski definition) is 4. The van der Waals surface area contributed by atoms with Gasteiger partial charge in [0.15, 0.2) is 0 Å². The largest absolute Gasteiger partial charge is 0.329 e. The van der Waals surface area contributed by atoms with Crippen LogP contribution in [0.15, 0.2) is 0 Å². The summed E-state index contributed by atoms with van der Waals surface area (Å²) >= 11 is 0. The molecule has 0 aliphatic rings. The monoisotopic (exact) mass is 135 g/mol. The van der Waals surface area contributed by atoms with Gasteiger partial charge in [0.2, 0.25) is 0 Å². The van der Waals surface area contributed by atoms with E-state index in [0.29, 0.717) is 13.1 Å². The number of hydrogen-bond acceptors (Lipinski definition) is 5. The fourth-order valence-electron chi connectivity index (χ4n) is 0.412. The third kappa shape index (κ3) is 7.80. The smallest absolute Gasteiger partial charge is 0.0365 e. The molecule has 5 heteroatoms. The average molecular weight is 135 g/mol. The Balaban J connectivity index is 2.60. The molecule has 0 rings (SSSR count). The third-order valence-electron chi connectivity index (χ3n) is 0.790. The summed E-state index contributed by atoms with van der Waals surface area (Å²) in [4.78, 5) is 3.60. The van der Waals surface area contributed by atoms with Crippen molar-refractivity contribution >= 4 is 0 Å². The van der Waals surface area contributed by atoms with E-state index in [-0.39, 0.29) is 0 Å². The first-order valence-corrected chi connectivity index (χ1v) is 2.86. The highest BCUT2D eigenvalue weighted by Crippen LogP contribution is 1.56. The standard InChI is InChI=1S/C4H13N3O2/c5-1-2-6-3-4-7-9-8/h6-8H,1-5H2. The normalized spacial score (nSPS) is 10.0. The fourth-order valence-corrected chi connectivity index (χ4v) is 0.412. The minimum atomic E-state index is 0.566. The van der Waals surface area contributed by atoms with Crippen molar-refractivity contribution in [3.63, 3.8) is 0 Å². The molecular formula is C4H13N3O2. The van der Waals surface area contributed by atoms with Crippen molar-refractivity contribution in [2.24, 2.45) is 5.73 Å². The molecule has 5 nitrogen and oxygen atoms in total. The second-order valence-corrected chi connectivity index (χ2v) is 1.52. The summed E-state index contributed by atoms with van der Waals surface area (Å²) in [5.41, 5.74) is 7.44. The SMILES string of the molecule is NCCNCCNOO. The Morgan fingerprint density at radius 3 is 2.67 bits per heavy atom. The van der Waals surface area contributed by atoms with Crippen molar-refractivity contribution in [2.45, 2.75) is 0 Å². The molecule has 0 bridgehead atoms. The molecular weight excluding hydrogens is 122 g/mol. The van der Waals surface area contributed by atoms with Gasteiger partial charge in [-0.05, 0) is 0 Å². The average Bonchev–Trinajstić information content (AvgIpc) is 1.89. The van der Waals surface area contributed by atoms with Crippen LogP contribution in [-0.4, -0.2) is 31.4 Å². The summed E-state index contributed by atoms with van der Waals surface area (Å²) in [5.74, 6) is 0. The quantitative estimate of drug-likeness (QED) is 0.203. The summed E-state index contributed by atoms with van der Waals surface area (Å²) in [6.07, 6.45) is 0. The van der Waals surface area contributed by atoms with E-state index >= 15 is 0 Å². The number of hydroxylamine groups is 1. The lowest BCUT2D eigenvalue weighted by Gasteiger charge is -2.00. The second kappa shape index (κ2) is 7.80. The molecule has 0 unspecified atom stereocenters. The molecule has 0 spiro atoms. The van der Waals surface area contributed by atoms with Crippen molar-refractivity contribution in [2.75, 3.05) is 26.2 Å². The predicted octanol–water partition coefficient (Wildman–Crippen LogP) is -1.47. The molecule has 0 aromatic rings. The van der Waals surface area contributed by atoms with E-state index in [9.17, 15) is 0 Å². The first-order chi connectivity index (χ1) is 4.41. The van der Waals surface area contributed by atoms with Crippen LogP contribution in [-0.2, 0) is 4.99 Å². The number of nitrogens with one attached hydrogen (secondary N) is 2. The molecule has 0 aliphatic heterocycles. The van der Waals surface area contributed by atoms with Crippen LogP contribution in [0.3, 0.4) is 0 Å². The Hall–Kier alpha value is -0.200. The third-order valence-corrected chi connectivity index (χ3v) is 0.790. The molecule has 0 heterocycles. The minimum absolute atomic E-state index is 0.566. The highest BCUT2D eigenvalue weighted by Gasteiger charge is 1.83. The van der Waals surface area contributed by atoms with E-state index < -0.39 is 0 Å². The molecule has 56 valence electrons. The van der Waals surface area contributed by atoms with Gasteiger partial charge in [0.25, 0.3) is 0 Å². The van der Waals surface area contributed by atoms with Gasteiger partial charge in [0.05, 0.1) is 0 Å². The lowest BCUT2D eigenvalue weighted by molar-refractivity contribution is -0.291. The van der Waals surface area contributed by atoms with Crippen molar-refractivity contribution in [3.05, 3.63) is 0 Å². The summed E-state index contributed by atoms with van der Waals surface area (Å²) in [7, 11) is 0. The molecule has 5 N–H and O–H groups in total. The number of nitrogens with two attached hydrogens (primary N) is 1. The maximum absolute atomic E-state index is 7.76. The van der Waals surface area contributed by atoms with Gasteiger partial charge in [0.1, 0.15) is 0 Å². The van der Waals surface area contributed by atoms with Crippen LogP contribution in [0, 0.1) is 0 Å². The van der Waals surface area contributed by atoms with Crippen molar-refractivity contribution < 1.29 is 10.2 Å². The molecule has 0 aliphatic carbocycles. The van der Waals surface area contributed by atoms with E-state index in [4.69, 9.17) is 11.0 Å². The van der Waals surface area contributed by atoms with Gasteiger partial charge in [-0.3, -0.25) is 0 Å². The van der Waals surface area contributed by atoms with Gasteiger partial charge in [0, 0.05) is 26.2 Å². The molecule has 0 saturated heterocycles. The van der Waals surface area contributed by atoms with E-state index in [0.717, 1.165) is 13.1 Å².